The van der Waals surface area contributed by atoms with Gasteiger partial charge in [0, 0.05) is 32.8 Å². The first-order valence-corrected chi connectivity index (χ1v) is 16.5. The molecule has 0 bridgehead atoms. The Balaban J connectivity index is 1.30. The molecule has 50 heavy (non-hydrogen) atoms. The van der Waals surface area contributed by atoms with E-state index in [4.69, 9.17) is 19.9 Å². The van der Waals surface area contributed by atoms with Crippen molar-refractivity contribution in [2.24, 2.45) is 0 Å². The van der Waals surface area contributed by atoms with E-state index < -0.39 is 0 Å². The summed E-state index contributed by atoms with van der Waals surface area (Å²) in [7, 11) is 0. The molecule has 6 aromatic carbocycles. The molecule has 0 unspecified atom stereocenters. The highest BCUT2D eigenvalue weighted by molar-refractivity contribution is 6.22. The van der Waals surface area contributed by atoms with Crippen LogP contribution < -0.4 is 5.56 Å². The molecule has 0 saturated heterocycles. The molecule has 4 heterocycles. The molecule has 0 aliphatic rings. The van der Waals surface area contributed by atoms with Crippen LogP contribution in [-0.4, -0.2) is 28.9 Å². The zero-order valence-corrected chi connectivity index (χ0v) is 26.6. The highest BCUT2D eigenvalue weighted by Crippen LogP contribution is 2.37. The normalized spacial score (nSPS) is 11.7. The van der Waals surface area contributed by atoms with Crippen LogP contribution in [0.4, 0.5) is 0 Å². The number of rotatable bonds is 4. The molecule has 10 rings (SSSR count). The fourth-order valence-electron chi connectivity index (χ4n) is 7.10. The Kier molecular flexibility index (Phi) is 6.19. The molecule has 7 nitrogen and oxygen atoms in total. The van der Waals surface area contributed by atoms with E-state index in [1.54, 1.807) is 0 Å². The Morgan fingerprint density at radius 3 is 1.68 bits per heavy atom. The van der Waals surface area contributed by atoms with Crippen molar-refractivity contribution in [2.75, 3.05) is 0 Å². The van der Waals surface area contributed by atoms with Gasteiger partial charge in [-0.15, -0.1) is 0 Å². The number of hydrogen-bond acceptors (Lipinski definition) is 5. The summed E-state index contributed by atoms with van der Waals surface area (Å²) in [5.41, 5.74) is 7.64. The minimum absolute atomic E-state index is 0.110. The van der Waals surface area contributed by atoms with E-state index in [0.29, 0.717) is 28.5 Å². The zero-order valence-electron chi connectivity index (χ0n) is 26.6. The van der Waals surface area contributed by atoms with E-state index >= 15 is 0 Å². The van der Waals surface area contributed by atoms with Crippen molar-refractivity contribution in [3.63, 3.8) is 0 Å². The number of aromatic nitrogens is 6. The second kappa shape index (κ2) is 11.0. The van der Waals surface area contributed by atoms with Gasteiger partial charge in [0.2, 0.25) is 0 Å². The van der Waals surface area contributed by atoms with Gasteiger partial charge in [-0.3, -0.25) is 13.8 Å². The monoisotopic (exact) mass is 642 g/mol. The Morgan fingerprint density at radius 2 is 0.980 bits per heavy atom. The van der Waals surface area contributed by atoms with Crippen LogP contribution in [0, 0.1) is 0 Å². The van der Waals surface area contributed by atoms with Gasteiger partial charge in [0.15, 0.2) is 17.5 Å². The molecular formula is C43H26N6O. The van der Waals surface area contributed by atoms with Gasteiger partial charge in [-0.1, -0.05) is 121 Å². The lowest BCUT2D eigenvalue weighted by atomic mass is 10.0. The minimum Gasteiger partial charge on any atom is -0.292 e. The van der Waals surface area contributed by atoms with Gasteiger partial charge < -0.3 is 0 Å². The van der Waals surface area contributed by atoms with Gasteiger partial charge in [0.25, 0.3) is 5.56 Å². The van der Waals surface area contributed by atoms with Gasteiger partial charge in [-0.25, -0.2) is 19.9 Å². The smallest absolute Gasteiger partial charge is 0.263 e. The number of pyridine rings is 2. The predicted molar refractivity (Wildman–Crippen MR) is 201 cm³/mol. The summed E-state index contributed by atoms with van der Waals surface area (Å²) in [6, 6.07) is 52.0. The third-order valence-electron chi connectivity index (χ3n) is 9.34. The number of imidazole rings is 1. The number of hydrogen-bond donors (Lipinski definition) is 0. The van der Waals surface area contributed by atoms with Gasteiger partial charge in [0.05, 0.1) is 33.1 Å². The molecule has 0 fully saturated rings. The van der Waals surface area contributed by atoms with Crippen molar-refractivity contribution >= 4 is 49.3 Å². The Hall–Kier alpha value is -6.99. The van der Waals surface area contributed by atoms with E-state index in [1.807, 2.05) is 144 Å². The number of nitrogens with zero attached hydrogens (tertiary/aromatic N) is 6. The van der Waals surface area contributed by atoms with Crippen LogP contribution in [0.1, 0.15) is 0 Å². The molecule has 0 amide bonds. The second-order valence-electron chi connectivity index (χ2n) is 12.3. The first-order valence-electron chi connectivity index (χ1n) is 16.5. The molecule has 0 aliphatic heterocycles. The van der Waals surface area contributed by atoms with Gasteiger partial charge in [0.1, 0.15) is 5.65 Å². The van der Waals surface area contributed by atoms with Crippen molar-refractivity contribution in [3.05, 3.63) is 168 Å². The van der Waals surface area contributed by atoms with Crippen LogP contribution in [-0.2, 0) is 0 Å². The molecule has 0 spiro atoms. The standard InChI is InChI=1S/C43H26N6O/c50-43-32-21-8-7-20-31(32)37-38(33-22-9-11-24-35(33)49-36-25-12-10-23-34(36)44-42(37)49)48(43)30-19-13-18-29(26-30)41-46-39(27-14-3-1-4-15-27)45-40(47-41)28-16-5-2-6-17-28/h1-26H. The number of para-hydroxylation sites is 3. The van der Waals surface area contributed by atoms with Gasteiger partial charge >= 0.3 is 0 Å². The summed E-state index contributed by atoms with van der Waals surface area (Å²) in [6.07, 6.45) is 0. The van der Waals surface area contributed by atoms with Crippen molar-refractivity contribution < 1.29 is 0 Å². The Labute approximate surface area is 285 Å². The third kappa shape index (κ3) is 4.27. The Morgan fingerprint density at radius 1 is 0.440 bits per heavy atom. The van der Waals surface area contributed by atoms with Crippen LogP contribution in [0.3, 0.4) is 0 Å². The topological polar surface area (TPSA) is 78.0 Å². The average Bonchev–Trinajstić information content (AvgIpc) is 3.58. The zero-order chi connectivity index (χ0) is 33.2. The summed E-state index contributed by atoms with van der Waals surface area (Å²) >= 11 is 0. The van der Waals surface area contributed by atoms with Crippen molar-refractivity contribution in [2.45, 2.75) is 0 Å². The van der Waals surface area contributed by atoms with Gasteiger partial charge in [-0.05, 0) is 36.4 Å². The quantitative estimate of drug-likeness (QED) is 0.179. The van der Waals surface area contributed by atoms with E-state index in [1.165, 1.54) is 0 Å². The maximum atomic E-state index is 14.7. The van der Waals surface area contributed by atoms with E-state index in [9.17, 15) is 4.79 Å². The maximum absolute atomic E-state index is 14.7. The van der Waals surface area contributed by atoms with E-state index in [-0.39, 0.29) is 5.56 Å². The summed E-state index contributed by atoms with van der Waals surface area (Å²) in [5.74, 6) is 1.67. The van der Waals surface area contributed by atoms with Crippen molar-refractivity contribution in [1.82, 2.24) is 28.9 Å². The first-order chi connectivity index (χ1) is 24.7. The molecule has 0 aliphatic carbocycles. The molecule has 10 aromatic rings. The van der Waals surface area contributed by atoms with Crippen molar-refractivity contribution in [3.8, 4) is 39.9 Å². The molecule has 0 radical (unpaired) electrons. The third-order valence-corrected chi connectivity index (χ3v) is 9.34. The molecule has 7 heteroatoms. The second-order valence-corrected chi connectivity index (χ2v) is 12.3. The lowest BCUT2D eigenvalue weighted by Crippen LogP contribution is -2.20. The summed E-state index contributed by atoms with van der Waals surface area (Å²) in [5, 5.41) is 3.35. The number of fused-ring (bicyclic) bond motifs is 10. The first kappa shape index (κ1) is 28.1. The summed E-state index contributed by atoms with van der Waals surface area (Å²) in [4.78, 5) is 34.7. The largest absolute Gasteiger partial charge is 0.292 e. The predicted octanol–water partition coefficient (Wildman–Crippen LogP) is 9.28. The Bertz CT molecular complexity index is 2950. The maximum Gasteiger partial charge on any atom is 0.263 e. The SMILES string of the molecule is O=c1c2ccccc2c2c(c3ccccc3n3c4ccccc4nc23)n1-c1cccc(-c2nc(-c3ccccc3)nc(-c3ccccc3)n2)c1. The van der Waals surface area contributed by atoms with E-state index in [2.05, 4.69) is 22.6 Å². The summed E-state index contributed by atoms with van der Waals surface area (Å²) in [6.45, 7) is 0. The number of benzene rings is 6. The summed E-state index contributed by atoms with van der Waals surface area (Å²) < 4.78 is 4.05. The molecular weight excluding hydrogens is 617 g/mol. The van der Waals surface area contributed by atoms with E-state index in [0.717, 1.165) is 60.6 Å². The van der Waals surface area contributed by atoms with Crippen molar-refractivity contribution in [1.29, 1.82) is 0 Å². The molecule has 0 N–H and O–H groups in total. The molecule has 4 aromatic heterocycles. The highest BCUT2D eigenvalue weighted by Gasteiger charge is 2.22. The van der Waals surface area contributed by atoms with Crippen LogP contribution >= 0.6 is 0 Å². The lowest BCUT2D eigenvalue weighted by molar-refractivity contribution is 1.05. The molecule has 234 valence electrons. The average molecular weight is 643 g/mol. The van der Waals surface area contributed by atoms with Crippen LogP contribution in [0.2, 0.25) is 0 Å². The molecule has 0 atom stereocenters. The molecule has 0 saturated carbocycles. The van der Waals surface area contributed by atoms with Gasteiger partial charge in [-0.2, -0.15) is 0 Å². The lowest BCUT2D eigenvalue weighted by Gasteiger charge is -2.18. The fourth-order valence-corrected chi connectivity index (χ4v) is 7.10. The van der Waals surface area contributed by atoms with Crippen LogP contribution in [0.25, 0.3) is 89.1 Å². The van der Waals surface area contributed by atoms with Crippen LogP contribution in [0.5, 0.6) is 0 Å². The highest BCUT2D eigenvalue weighted by atomic mass is 16.1. The van der Waals surface area contributed by atoms with Crippen LogP contribution in [0.15, 0.2) is 163 Å². The fraction of sp³-hybridized carbons (Fsp3) is 0. The minimum atomic E-state index is -0.110.